The minimum absolute atomic E-state index is 0.121. The van der Waals surface area contributed by atoms with E-state index in [0.29, 0.717) is 0 Å². The lowest BCUT2D eigenvalue weighted by atomic mass is 10.0. The molecule has 0 radical (unpaired) electrons. The second-order valence-corrected chi connectivity index (χ2v) is 7.86. The lowest BCUT2D eigenvalue weighted by Gasteiger charge is -2.24. The monoisotopic (exact) mass is 357 g/mol. The second kappa shape index (κ2) is 8.39. The molecule has 1 aliphatic heterocycles. The first kappa shape index (κ1) is 17.8. The van der Waals surface area contributed by atoms with Crippen LogP contribution >= 0.6 is 7.37 Å². The molecule has 1 heterocycles. The van der Waals surface area contributed by atoms with Crippen LogP contribution in [0.5, 0.6) is 0 Å². The molecule has 1 unspecified atom stereocenters. The Hall–Kier alpha value is -1.01. The van der Waals surface area contributed by atoms with Gasteiger partial charge < -0.3 is 24.2 Å². The van der Waals surface area contributed by atoms with Crippen LogP contribution in [0.15, 0.2) is 42.2 Å². The molecule has 0 spiro atoms. The van der Waals surface area contributed by atoms with Crippen molar-refractivity contribution in [3.63, 3.8) is 0 Å². The first-order valence-electron chi connectivity index (χ1n) is 8.30. The molecule has 1 fully saturated rings. The Morgan fingerprint density at radius 1 is 1.38 bits per heavy atom. The smallest absolute Gasteiger partial charge is 0.246 e. The molecule has 0 aromatic heterocycles. The summed E-state index contributed by atoms with van der Waals surface area (Å²) in [4.78, 5) is 9.65. The molecule has 1 aromatic carbocycles. The van der Waals surface area contributed by atoms with Gasteiger partial charge in [-0.05, 0) is 25.5 Å². The number of ether oxygens (including phenoxy) is 3. The van der Waals surface area contributed by atoms with E-state index in [-0.39, 0.29) is 6.10 Å². The van der Waals surface area contributed by atoms with Crippen LogP contribution in [0.2, 0.25) is 0 Å². The molecule has 5 atom stereocenters. The zero-order valence-electron chi connectivity index (χ0n) is 15.0. The van der Waals surface area contributed by atoms with E-state index >= 15 is 0 Å². The Bertz CT molecular complexity index is 635. The molecular formula is C17H25O6P. The standard InChI is InChI=1S/C17H25O6P/c1-12(2)22-16-14(9-10-24(19,20)11-18)23-15(17(16)21-3)13-7-5-4-6-8-13/h4-10,12,14-18H,11H2,1-3H3,(H,19,20)/b10-9+/t14-,15+,16-,17+/m1/s1/i10D. The van der Waals surface area contributed by atoms with Crippen LogP contribution in [0, 0.1) is 0 Å². The number of aliphatic hydroxyl groups is 1. The first-order chi connectivity index (χ1) is 11.8. The minimum atomic E-state index is -4.09. The van der Waals surface area contributed by atoms with Crippen molar-refractivity contribution in [1.82, 2.24) is 0 Å². The Kier molecular flexibility index (Phi) is 6.22. The lowest BCUT2D eigenvalue weighted by molar-refractivity contribution is -0.0694. The summed E-state index contributed by atoms with van der Waals surface area (Å²) in [6, 6.07) is 9.47. The quantitative estimate of drug-likeness (QED) is 0.730. The Labute approximate surface area is 143 Å². The van der Waals surface area contributed by atoms with Crippen LogP contribution in [0.25, 0.3) is 0 Å². The second-order valence-electron chi connectivity index (χ2n) is 5.92. The van der Waals surface area contributed by atoms with E-state index in [1.165, 1.54) is 6.08 Å². The maximum Gasteiger partial charge on any atom is 0.246 e. The summed E-state index contributed by atoms with van der Waals surface area (Å²) in [6.45, 7) is 3.74. The maximum atomic E-state index is 11.8. The van der Waals surface area contributed by atoms with E-state index < -0.39 is 43.9 Å². The highest BCUT2D eigenvalue weighted by atomic mass is 31.2. The predicted molar refractivity (Wildman–Crippen MR) is 90.9 cm³/mol. The largest absolute Gasteiger partial charge is 0.386 e. The highest BCUT2D eigenvalue weighted by Gasteiger charge is 2.45. The van der Waals surface area contributed by atoms with Crippen molar-refractivity contribution in [2.24, 2.45) is 0 Å². The summed E-state index contributed by atoms with van der Waals surface area (Å²) in [7, 11) is -2.54. The average Bonchev–Trinajstić information content (AvgIpc) is 2.92. The summed E-state index contributed by atoms with van der Waals surface area (Å²) in [5.41, 5.74) is 0.892. The third-order valence-corrected chi connectivity index (χ3v) is 4.65. The molecule has 1 saturated heterocycles. The molecule has 7 heteroatoms. The normalized spacial score (nSPS) is 31.1. The number of hydrogen-bond acceptors (Lipinski definition) is 5. The van der Waals surface area contributed by atoms with Gasteiger partial charge in [-0.25, -0.2) is 0 Å². The van der Waals surface area contributed by atoms with E-state index in [1.54, 1.807) is 7.11 Å². The van der Waals surface area contributed by atoms with Gasteiger partial charge in [-0.3, -0.25) is 4.57 Å². The van der Waals surface area contributed by atoms with Gasteiger partial charge in [-0.2, -0.15) is 0 Å². The molecule has 0 aliphatic carbocycles. The molecule has 1 aliphatic rings. The van der Waals surface area contributed by atoms with Crippen LogP contribution in [0.4, 0.5) is 0 Å². The third kappa shape index (κ3) is 4.76. The Morgan fingerprint density at radius 2 is 2.04 bits per heavy atom. The fraction of sp³-hybridized carbons (Fsp3) is 0.529. The molecular weight excluding hydrogens is 331 g/mol. The molecule has 134 valence electrons. The van der Waals surface area contributed by atoms with Gasteiger partial charge in [0, 0.05) is 12.9 Å². The van der Waals surface area contributed by atoms with Crippen molar-refractivity contribution in [3.05, 3.63) is 47.8 Å². The SMILES string of the molecule is [2H]/C(=C\[C@H]1O[C@@H](c2ccccc2)[C@H](OC)[C@@H]1OC(C)C)P(=O)(O)CO. The molecule has 1 aromatic rings. The van der Waals surface area contributed by atoms with Crippen LogP contribution < -0.4 is 0 Å². The summed E-state index contributed by atoms with van der Waals surface area (Å²) >= 11 is 0. The lowest BCUT2D eigenvalue weighted by Crippen LogP contribution is -2.36. The molecule has 24 heavy (non-hydrogen) atoms. The van der Waals surface area contributed by atoms with Gasteiger partial charge in [-0.1, -0.05) is 30.3 Å². The van der Waals surface area contributed by atoms with E-state index in [1.807, 2.05) is 44.2 Å². The number of benzene rings is 1. The van der Waals surface area contributed by atoms with Crippen molar-refractivity contribution < 1.29 is 30.1 Å². The number of rotatable bonds is 7. The van der Waals surface area contributed by atoms with Crippen LogP contribution in [-0.4, -0.2) is 47.9 Å². The van der Waals surface area contributed by atoms with Gasteiger partial charge in [0.1, 0.15) is 30.8 Å². The fourth-order valence-electron chi connectivity index (χ4n) is 2.69. The third-order valence-electron chi connectivity index (χ3n) is 3.71. The highest BCUT2D eigenvalue weighted by Crippen LogP contribution is 2.43. The zero-order chi connectivity index (χ0) is 18.6. The summed E-state index contributed by atoms with van der Waals surface area (Å²) in [5, 5.41) is 9.01. The molecule has 0 amide bonds. The minimum Gasteiger partial charge on any atom is -0.386 e. The van der Waals surface area contributed by atoms with Gasteiger partial charge in [0.25, 0.3) is 0 Å². The summed E-state index contributed by atoms with van der Waals surface area (Å²) in [6.07, 6.45) is -2.03. The van der Waals surface area contributed by atoms with Gasteiger partial charge in [0.15, 0.2) is 0 Å². The summed E-state index contributed by atoms with van der Waals surface area (Å²) in [5.74, 6) is -0.555. The van der Waals surface area contributed by atoms with E-state index in [4.69, 9.17) is 20.7 Å². The van der Waals surface area contributed by atoms with Gasteiger partial charge in [0.2, 0.25) is 7.37 Å². The van der Waals surface area contributed by atoms with Crippen LogP contribution in [-0.2, 0) is 18.8 Å². The van der Waals surface area contributed by atoms with E-state index in [9.17, 15) is 9.46 Å². The number of hydrogen-bond donors (Lipinski definition) is 2. The number of methoxy groups -OCH3 is 1. The van der Waals surface area contributed by atoms with Crippen molar-refractivity contribution in [2.75, 3.05) is 13.5 Å². The number of aliphatic hydroxyl groups excluding tert-OH is 1. The highest BCUT2D eigenvalue weighted by molar-refractivity contribution is 7.61. The van der Waals surface area contributed by atoms with Crippen molar-refractivity contribution in [2.45, 2.75) is 44.4 Å². The summed E-state index contributed by atoms with van der Waals surface area (Å²) < 4.78 is 37.2. The zero-order valence-corrected chi connectivity index (χ0v) is 14.9. The molecule has 0 bridgehead atoms. The Balaban J connectivity index is 2.36. The first-order valence-corrected chi connectivity index (χ1v) is 9.65. The Morgan fingerprint density at radius 3 is 2.58 bits per heavy atom. The molecule has 6 nitrogen and oxygen atoms in total. The average molecular weight is 357 g/mol. The topological polar surface area (TPSA) is 85.2 Å². The van der Waals surface area contributed by atoms with Crippen LogP contribution in [0.1, 0.15) is 26.9 Å². The molecule has 0 saturated carbocycles. The van der Waals surface area contributed by atoms with Crippen LogP contribution in [0.3, 0.4) is 0 Å². The van der Waals surface area contributed by atoms with Crippen molar-refractivity contribution in [1.29, 1.82) is 0 Å². The van der Waals surface area contributed by atoms with Gasteiger partial charge >= 0.3 is 0 Å². The van der Waals surface area contributed by atoms with Gasteiger partial charge in [0.05, 0.1) is 7.47 Å². The predicted octanol–water partition coefficient (Wildman–Crippen LogP) is 2.67. The van der Waals surface area contributed by atoms with E-state index in [0.717, 1.165) is 5.56 Å². The fourth-order valence-corrected chi connectivity index (χ4v) is 3.15. The molecule has 2 N–H and O–H groups in total. The van der Waals surface area contributed by atoms with Crippen molar-refractivity contribution in [3.8, 4) is 0 Å². The van der Waals surface area contributed by atoms with E-state index in [2.05, 4.69) is 0 Å². The molecule has 2 rings (SSSR count). The van der Waals surface area contributed by atoms with Gasteiger partial charge in [-0.15, -0.1) is 0 Å². The maximum absolute atomic E-state index is 11.8. The van der Waals surface area contributed by atoms with Crippen molar-refractivity contribution >= 4 is 7.37 Å².